The highest BCUT2D eigenvalue weighted by molar-refractivity contribution is 7.86. The highest BCUT2D eigenvalue weighted by Crippen LogP contribution is 2.31. The number of hydrogen-bond donors (Lipinski definition) is 0. The lowest BCUT2D eigenvalue weighted by Gasteiger charge is -2.38. The van der Waals surface area contributed by atoms with Crippen molar-refractivity contribution in [2.75, 3.05) is 27.2 Å². The van der Waals surface area contributed by atoms with Gasteiger partial charge in [-0.1, -0.05) is 0 Å². The molecule has 10 heteroatoms. The zero-order valence-corrected chi connectivity index (χ0v) is 12.1. The minimum Gasteiger partial charge on any atom is -0.472 e. The zero-order chi connectivity index (χ0) is 15.8. The van der Waals surface area contributed by atoms with Crippen LogP contribution in [0.25, 0.3) is 0 Å². The van der Waals surface area contributed by atoms with E-state index >= 15 is 0 Å². The number of alkyl halides is 3. The molecule has 0 unspecified atom stereocenters. The van der Waals surface area contributed by atoms with Gasteiger partial charge in [0.05, 0.1) is 18.7 Å². The maximum atomic E-state index is 12.5. The second kappa shape index (κ2) is 5.43. The summed E-state index contributed by atoms with van der Waals surface area (Å²) in [4.78, 5) is 3.70. The molecular weight excluding hydrogens is 311 g/mol. The van der Waals surface area contributed by atoms with Gasteiger partial charge in [-0.05, 0) is 6.07 Å². The Balaban J connectivity index is 1.97. The number of pyridine rings is 1. The first kappa shape index (κ1) is 16.0. The molecule has 2 rings (SSSR count). The maximum absolute atomic E-state index is 12.5. The van der Waals surface area contributed by atoms with Crippen molar-refractivity contribution >= 4 is 10.2 Å². The second-order valence-electron chi connectivity index (χ2n) is 4.73. The van der Waals surface area contributed by atoms with Crippen molar-refractivity contribution in [3.05, 3.63) is 23.9 Å². The van der Waals surface area contributed by atoms with Gasteiger partial charge in [-0.15, -0.1) is 0 Å². The molecule has 1 aliphatic heterocycles. The van der Waals surface area contributed by atoms with E-state index in [2.05, 4.69) is 4.98 Å². The van der Waals surface area contributed by atoms with Crippen molar-refractivity contribution in [2.24, 2.45) is 0 Å². The molecule has 118 valence electrons. The van der Waals surface area contributed by atoms with E-state index in [9.17, 15) is 21.6 Å². The monoisotopic (exact) mass is 325 g/mol. The molecule has 0 aliphatic carbocycles. The van der Waals surface area contributed by atoms with Gasteiger partial charge in [0, 0.05) is 26.4 Å². The largest absolute Gasteiger partial charge is 0.472 e. The molecule has 6 nitrogen and oxygen atoms in total. The Morgan fingerprint density at radius 1 is 1.38 bits per heavy atom. The summed E-state index contributed by atoms with van der Waals surface area (Å²) in [6, 6.07) is 1.64. The number of nitrogens with zero attached hydrogens (tertiary/aromatic N) is 3. The standard InChI is InChI=1S/C11H14F3N3O3S/c1-16(2)21(18,19)17-6-9(7-17)20-10-5-8(3-4-15-10)11(12,13)14/h3-5,9H,6-7H2,1-2H3. The van der Waals surface area contributed by atoms with Gasteiger partial charge < -0.3 is 4.74 Å². The third-order valence-corrected chi connectivity index (χ3v) is 4.83. The number of ether oxygens (including phenoxy) is 1. The highest BCUT2D eigenvalue weighted by Gasteiger charge is 2.39. The molecule has 0 bridgehead atoms. The van der Waals surface area contributed by atoms with Crippen LogP contribution >= 0.6 is 0 Å². The molecule has 1 aromatic rings. The van der Waals surface area contributed by atoms with Crippen molar-refractivity contribution in [1.29, 1.82) is 0 Å². The van der Waals surface area contributed by atoms with Gasteiger partial charge in [-0.25, -0.2) is 4.98 Å². The third-order valence-electron chi connectivity index (χ3n) is 2.95. The fraction of sp³-hybridized carbons (Fsp3) is 0.545. The van der Waals surface area contributed by atoms with Gasteiger partial charge in [0.25, 0.3) is 10.2 Å². The normalized spacial score (nSPS) is 17.8. The molecule has 0 saturated carbocycles. The average molecular weight is 325 g/mol. The van der Waals surface area contributed by atoms with Crippen LogP contribution in [0.1, 0.15) is 5.56 Å². The Hall–Kier alpha value is -1.39. The summed E-state index contributed by atoms with van der Waals surface area (Å²) in [7, 11) is -0.709. The fourth-order valence-corrected chi connectivity index (χ4v) is 2.89. The van der Waals surface area contributed by atoms with Crippen LogP contribution in [0.3, 0.4) is 0 Å². The Kier molecular flexibility index (Phi) is 4.13. The topological polar surface area (TPSA) is 62.7 Å². The Morgan fingerprint density at radius 3 is 2.52 bits per heavy atom. The van der Waals surface area contributed by atoms with Crippen molar-refractivity contribution < 1.29 is 26.3 Å². The van der Waals surface area contributed by atoms with Gasteiger partial charge in [0.1, 0.15) is 6.10 Å². The smallest absolute Gasteiger partial charge is 0.416 e. The quantitative estimate of drug-likeness (QED) is 0.827. The molecule has 2 heterocycles. The Labute approximate surface area is 120 Å². The SMILES string of the molecule is CN(C)S(=O)(=O)N1CC(Oc2cc(C(F)(F)F)ccn2)C1. The van der Waals surface area contributed by atoms with Crippen LogP contribution in [0, 0.1) is 0 Å². The van der Waals surface area contributed by atoms with Crippen molar-refractivity contribution in [1.82, 2.24) is 13.6 Å². The van der Waals surface area contributed by atoms with E-state index in [0.29, 0.717) is 0 Å². The highest BCUT2D eigenvalue weighted by atomic mass is 32.2. The molecule has 1 aromatic heterocycles. The molecule has 1 aliphatic rings. The summed E-state index contributed by atoms with van der Waals surface area (Å²) in [5.41, 5.74) is -0.857. The van der Waals surface area contributed by atoms with Crippen molar-refractivity contribution in [3.8, 4) is 5.88 Å². The molecule has 0 N–H and O–H groups in total. The first-order chi connectivity index (χ1) is 9.60. The van der Waals surface area contributed by atoms with E-state index in [-0.39, 0.29) is 19.0 Å². The van der Waals surface area contributed by atoms with Crippen LogP contribution in [0.2, 0.25) is 0 Å². The first-order valence-corrected chi connectivity index (χ1v) is 7.38. The first-order valence-electron chi connectivity index (χ1n) is 5.98. The zero-order valence-electron chi connectivity index (χ0n) is 11.3. The predicted octanol–water partition coefficient (Wildman–Crippen LogP) is 0.970. The summed E-state index contributed by atoms with van der Waals surface area (Å²) in [5.74, 6) is -0.170. The molecule has 1 saturated heterocycles. The lowest BCUT2D eigenvalue weighted by atomic mass is 10.2. The molecule has 0 radical (unpaired) electrons. The van der Waals surface area contributed by atoms with E-state index < -0.39 is 28.1 Å². The molecule has 0 spiro atoms. The average Bonchev–Trinajstić information content (AvgIpc) is 2.32. The predicted molar refractivity (Wildman–Crippen MR) is 67.8 cm³/mol. The van der Waals surface area contributed by atoms with Crippen LogP contribution in [0.15, 0.2) is 18.3 Å². The van der Waals surface area contributed by atoms with E-state index in [1.165, 1.54) is 18.4 Å². The number of aromatic nitrogens is 1. The second-order valence-corrected chi connectivity index (χ2v) is 6.87. The van der Waals surface area contributed by atoms with Crippen LogP contribution in [-0.2, 0) is 16.4 Å². The summed E-state index contributed by atoms with van der Waals surface area (Å²) in [6.07, 6.45) is -3.97. The lowest BCUT2D eigenvalue weighted by Crippen LogP contribution is -2.58. The lowest BCUT2D eigenvalue weighted by molar-refractivity contribution is -0.137. The van der Waals surface area contributed by atoms with Gasteiger partial charge in [0.2, 0.25) is 5.88 Å². The van der Waals surface area contributed by atoms with Crippen molar-refractivity contribution in [2.45, 2.75) is 12.3 Å². The number of hydrogen-bond acceptors (Lipinski definition) is 4. The fourth-order valence-electron chi connectivity index (χ4n) is 1.72. The summed E-state index contributed by atoms with van der Waals surface area (Å²) in [5, 5.41) is 0. The summed E-state index contributed by atoms with van der Waals surface area (Å²) >= 11 is 0. The number of rotatable bonds is 4. The molecular formula is C11H14F3N3O3S. The van der Waals surface area contributed by atoms with E-state index in [0.717, 1.165) is 22.6 Å². The van der Waals surface area contributed by atoms with E-state index in [4.69, 9.17) is 4.74 Å². The van der Waals surface area contributed by atoms with Gasteiger partial charge >= 0.3 is 6.18 Å². The third kappa shape index (κ3) is 3.44. The Morgan fingerprint density at radius 2 is 2.00 bits per heavy atom. The summed E-state index contributed by atoms with van der Waals surface area (Å²) in [6.45, 7) is 0.164. The minimum atomic E-state index is -4.47. The molecule has 0 amide bonds. The molecule has 21 heavy (non-hydrogen) atoms. The van der Waals surface area contributed by atoms with Gasteiger partial charge in [0.15, 0.2) is 0 Å². The summed E-state index contributed by atoms with van der Waals surface area (Å²) < 4.78 is 68.5. The van der Waals surface area contributed by atoms with Gasteiger partial charge in [-0.3, -0.25) is 0 Å². The van der Waals surface area contributed by atoms with E-state index in [1.54, 1.807) is 0 Å². The van der Waals surface area contributed by atoms with Gasteiger partial charge in [-0.2, -0.15) is 30.2 Å². The van der Waals surface area contributed by atoms with Crippen LogP contribution in [0.5, 0.6) is 5.88 Å². The molecule has 0 atom stereocenters. The van der Waals surface area contributed by atoms with Crippen molar-refractivity contribution in [3.63, 3.8) is 0 Å². The number of halogens is 3. The molecule has 1 fully saturated rings. The maximum Gasteiger partial charge on any atom is 0.416 e. The van der Waals surface area contributed by atoms with E-state index in [1.807, 2.05) is 0 Å². The van der Waals surface area contributed by atoms with Crippen LogP contribution in [-0.4, -0.2) is 55.3 Å². The van der Waals surface area contributed by atoms with Crippen LogP contribution < -0.4 is 4.74 Å². The Bertz CT molecular complexity index is 613. The minimum absolute atomic E-state index is 0.0818. The molecule has 0 aromatic carbocycles. The van der Waals surface area contributed by atoms with Crippen LogP contribution in [0.4, 0.5) is 13.2 Å².